The van der Waals surface area contributed by atoms with Crippen molar-refractivity contribution in [3.8, 4) is 0 Å². The zero-order valence-corrected chi connectivity index (χ0v) is 14.9. The Morgan fingerprint density at radius 3 is 2.39 bits per heavy atom. The van der Waals surface area contributed by atoms with E-state index in [1.807, 2.05) is 19.1 Å². The molecule has 3 aromatic rings. The van der Waals surface area contributed by atoms with Crippen molar-refractivity contribution < 1.29 is 22.4 Å². The van der Waals surface area contributed by atoms with Crippen molar-refractivity contribution >= 4 is 5.91 Å². The fourth-order valence-corrected chi connectivity index (χ4v) is 2.80. The van der Waals surface area contributed by atoms with Gasteiger partial charge < -0.3 is 4.90 Å². The van der Waals surface area contributed by atoms with Crippen LogP contribution in [0.1, 0.15) is 27.0 Å². The molecule has 0 atom stereocenters. The molecule has 0 aliphatic heterocycles. The van der Waals surface area contributed by atoms with E-state index in [9.17, 15) is 22.4 Å². The molecule has 0 saturated heterocycles. The number of hydrogen-bond acceptors (Lipinski definition) is 2. The lowest BCUT2D eigenvalue weighted by molar-refractivity contribution is 0.0722. The predicted octanol–water partition coefficient (Wildman–Crippen LogP) is 4.79. The third-order valence-corrected chi connectivity index (χ3v) is 4.34. The van der Waals surface area contributed by atoms with Crippen LogP contribution in [-0.4, -0.2) is 15.8 Å². The van der Waals surface area contributed by atoms with E-state index in [-0.39, 0.29) is 13.1 Å². The second-order valence-corrected chi connectivity index (χ2v) is 6.30. The fraction of sp³-hybridized carbons (Fsp3) is 0.143. The summed E-state index contributed by atoms with van der Waals surface area (Å²) < 4.78 is 54.7. The largest absolute Gasteiger partial charge is 0.330 e. The maximum atomic E-state index is 14.2. The number of pyridine rings is 1. The summed E-state index contributed by atoms with van der Waals surface area (Å²) in [5, 5.41) is 0. The van der Waals surface area contributed by atoms with Crippen LogP contribution in [0, 0.1) is 30.2 Å². The highest BCUT2D eigenvalue weighted by Gasteiger charge is 2.27. The Hall–Kier alpha value is -3.22. The third-order valence-electron chi connectivity index (χ3n) is 4.34. The van der Waals surface area contributed by atoms with Gasteiger partial charge in [0.15, 0.2) is 23.3 Å². The lowest BCUT2D eigenvalue weighted by Gasteiger charge is -2.24. The van der Waals surface area contributed by atoms with Crippen LogP contribution in [0.15, 0.2) is 54.9 Å². The van der Waals surface area contributed by atoms with Gasteiger partial charge in [-0.05, 0) is 35.7 Å². The molecular weight excluding hydrogens is 372 g/mol. The van der Waals surface area contributed by atoms with Crippen molar-refractivity contribution in [2.24, 2.45) is 0 Å². The fourth-order valence-electron chi connectivity index (χ4n) is 2.80. The van der Waals surface area contributed by atoms with Gasteiger partial charge >= 0.3 is 0 Å². The smallest absolute Gasteiger partial charge is 0.257 e. The van der Waals surface area contributed by atoms with Crippen molar-refractivity contribution in [2.45, 2.75) is 20.0 Å². The lowest BCUT2D eigenvalue weighted by Crippen LogP contribution is -2.31. The van der Waals surface area contributed by atoms with Gasteiger partial charge in [-0.2, -0.15) is 0 Å². The molecule has 1 aromatic heterocycles. The molecule has 0 fully saturated rings. The van der Waals surface area contributed by atoms with E-state index < -0.39 is 34.7 Å². The number of carbonyl (C=O) groups excluding carboxylic acids is 1. The zero-order chi connectivity index (χ0) is 20.3. The van der Waals surface area contributed by atoms with Gasteiger partial charge in [-0.25, -0.2) is 17.6 Å². The van der Waals surface area contributed by atoms with Crippen LogP contribution in [-0.2, 0) is 13.1 Å². The molecule has 0 saturated carbocycles. The summed E-state index contributed by atoms with van der Waals surface area (Å²) in [6, 6.07) is 11.0. The first kappa shape index (κ1) is 19.5. The molecule has 0 bridgehead atoms. The molecule has 0 N–H and O–H groups in total. The zero-order valence-electron chi connectivity index (χ0n) is 14.9. The van der Waals surface area contributed by atoms with E-state index in [2.05, 4.69) is 4.98 Å². The predicted molar refractivity (Wildman–Crippen MR) is 95.3 cm³/mol. The van der Waals surface area contributed by atoms with Gasteiger partial charge in [-0.1, -0.05) is 30.3 Å². The van der Waals surface area contributed by atoms with Crippen molar-refractivity contribution in [1.82, 2.24) is 9.88 Å². The van der Waals surface area contributed by atoms with Gasteiger partial charge in [-0.3, -0.25) is 9.78 Å². The van der Waals surface area contributed by atoms with Gasteiger partial charge in [0.2, 0.25) is 0 Å². The highest BCUT2D eigenvalue weighted by atomic mass is 19.2. The number of benzene rings is 2. The van der Waals surface area contributed by atoms with Gasteiger partial charge in [-0.15, -0.1) is 0 Å². The Kier molecular flexibility index (Phi) is 5.73. The Bertz CT molecular complexity index is 1010. The summed E-state index contributed by atoms with van der Waals surface area (Å²) >= 11 is 0. The van der Waals surface area contributed by atoms with Crippen LogP contribution >= 0.6 is 0 Å². The minimum atomic E-state index is -2.01. The first-order chi connectivity index (χ1) is 13.4. The summed E-state index contributed by atoms with van der Waals surface area (Å²) in [4.78, 5) is 18.1. The summed E-state index contributed by atoms with van der Waals surface area (Å²) in [6.07, 6.45) is 3.09. The van der Waals surface area contributed by atoms with Crippen molar-refractivity contribution in [3.63, 3.8) is 0 Å². The summed E-state index contributed by atoms with van der Waals surface area (Å²) in [7, 11) is 0. The minimum absolute atomic E-state index is 0.0288. The molecule has 1 heterocycles. The lowest BCUT2D eigenvalue weighted by atomic mass is 10.1. The normalized spacial score (nSPS) is 10.8. The van der Waals surface area contributed by atoms with Gasteiger partial charge in [0.25, 0.3) is 5.91 Å². The summed E-state index contributed by atoms with van der Waals surface area (Å²) in [5.74, 6) is -8.26. The van der Waals surface area contributed by atoms with Gasteiger partial charge in [0, 0.05) is 25.5 Å². The summed E-state index contributed by atoms with van der Waals surface area (Å²) in [6.45, 7) is 1.95. The van der Waals surface area contributed by atoms with Crippen LogP contribution in [0.2, 0.25) is 0 Å². The third kappa shape index (κ3) is 4.03. The number of amides is 1. The molecule has 3 nitrogen and oxygen atoms in total. The molecule has 0 aliphatic rings. The molecule has 3 rings (SSSR count). The SMILES string of the molecule is Cc1ccccc1CN(Cc1cccnc1)C(=O)c1cc(F)c(F)c(F)c1F. The van der Waals surface area contributed by atoms with Crippen LogP contribution in [0.25, 0.3) is 0 Å². The number of carbonyl (C=O) groups is 1. The van der Waals surface area contributed by atoms with Crippen molar-refractivity contribution in [1.29, 1.82) is 0 Å². The molecule has 28 heavy (non-hydrogen) atoms. The van der Waals surface area contributed by atoms with Crippen molar-refractivity contribution in [2.75, 3.05) is 0 Å². The van der Waals surface area contributed by atoms with E-state index in [0.29, 0.717) is 11.6 Å². The topological polar surface area (TPSA) is 33.2 Å². The van der Waals surface area contributed by atoms with E-state index in [1.54, 1.807) is 30.5 Å². The van der Waals surface area contributed by atoms with E-state index >= 15 is 0 Å². The first-order valence-corrected chi connectivity index (χ1v) is 8.44. The molecule has 1 amide bonds. The molecule has 0 spiro atoms. The Morgan fingerprint density at radius 1 is 0.964 bits per heavy atom. The number of aryl methyl sites for hydroxylation is 1. The number of halogens is 4. The molecule has 144 valence electrons. The number of nitrogens with zero attached hydrogens (tertiary/aromatic N) is 2. The number of aromatic nitrogens is 1. The van der Waals surface area contributed by atoms with Crippen LogP contribution < -0.4 is 0 Å². The standard InChI is InChI=1S/C21H16F4N2O/c1-13-5-2-3-7-15(13)12-27(11-14-6-4-8-26-10-14)21(28)16-9-17(22)19(24)20(25)18(16)23/h2-10H,11-12H2,1H3. The molecule has 0 radical (unpaired) electrons. The maximum absolute atomic E-state index is 14.2. The quantitative estimate of drug-likeness (QED) is 0.358. The first-order valence-electron chi connectivity index (χ1n) is 8.44. The maximum Gasteiger partial charge on any atom is 0.257 e. The minimum Gasteiger partial charge on any atom is -0.330 e. The van der Waals surface area contributed by atoms with E-state index in [0.717, 1.165) is 11.1 Å². The van der Waals surface area contributed by atoms with Gasteiger partial charge in [0.1, 0.15) is 0 Å². The average Bonchev–Trinajstić information content (AvgIpc) is 2.70. The average molecular weight is 388 g/mol. The molecule has 0 unspecified atom stereocenters. The molecule has 7 heteroatoms. The molecule has 0 aliphatic carbocycles. The van der Waals surface area contributed by atoms with Gasteiger partial charge in [0.05, 0.1) is 5.56 Å². The van der Waals surface area contributed by atoms with Crippen molar-refractivity contribution in [3.05, 3.63) is 100 Å². The van der Waals surface area contributed by atoms with Crippen LogP contribution in [0.5, 0.6) is 0 Å². The van der Waals surface area contributed by atoms with E-state index in [1.165, 1.54) is 11.1 Å². The second kappa shape index (κ2) is 8.21. The van der Waals surface area contributed by atoms with Crippen LogP contribution in [0.3, 0.4) is 0 Å². The Balaban J connectivity index is 2.01. The number of rotatable bonds is 5. The molecule has 2 aromatic carbocycles. The second-order valence-electron chi connectivity index (χ2n) is 6.30. The van der Waals surface area contributed by atoms with E-state index in [4.69, 9.17) is 0 Å². The monoisotopic (exact) mass is 388 g/mol. The van der Waals surface area contributed by atoms with Crippen LogP contribution in [0.4, 0.5) is 17.6 Å². The highest BCUT2D eigenvalue weighted by molar-refractivity contribution is 5.94. The Morgan fingerprint density at radius 2 is 1.71 bits per heavy atom. The molecular formula is C21H16F4N2O. The summed E-state index contributed by atoms with van der Waals surface area (Å²) in [5.41, 5.74) is 1.45. The number of hydrogen-bond donors (Lipinski definition) is 0. The Labute approximate surface area is 159 Å². The highest BCUT2D eigenvalue weighted by Crippen LogP contribution is 2.22.